The van der Waals surface area contributed by atoms with Crippen LogP contribution in [-0.4, -0.2) is 26.9 Å². The Balaban J connectivity index is 2.56. The van der Waals surface area contributed by atoms with Crippen LogP contribution in [0, 0.1) is 17.0 Å². The van der Waals surface area contributed by atoms with Crippen molar-refractivity contribution < 1.29 is 14.5 Å². The maximum atomic E-state index is 11.6. The van der Waals surface area contributed by atoms with Crippen molar-refractivity contribution in [3.05, 3.63) is 39.8 Å². The zero-order chi connectivity index (χ0) is 13.3. The molecule has 2 aromatic rings. The monoisotopic (exact) mass is 249 g/mol. The molecule has 0 spiro atoms. The molecule has 0 saturated heterocycles. The van der Waals surface area contributed by atoms with Gasteiger partial charge in [-0.3, -0.25) is 14.5 Å². The fraction of sp³-hybridized carbons (Fsp3) is 0.273. The fourth-order valence-electron chi connectivity index (χ4n) is 1.65. The summed E-state index contributed by atoms with van der Waals surface area (Å²) in [6.07, 6.45) is 1.33. The zero-order valence-corrected chi connectivity index (χ0v) is 9.91. The van der Waals surface area contributed by atoms with Gasteiger partial charge in [0, 0.05) is 6.07 Å². The van der Waals surface area contributed by atoms with E-state index in [4.69, 9.17) is 4.74 Å². The number of ether oxygens (including phenoxy) is 1. The highest BCUT2D eigenvalue weighted by atomic mass is 16.6. The summed E-state index contributed by atoms with van der Waals surface area (Å²) >= 11 is 0. The van der Waals surface area contributed by atoms with E-state index in [0.717, 1.165) is 0 Å². The third-order valence-electron chi connectivity index (χ3n) is 2.52. The molecule has 7 nitrogen and oxygen atoms in total. The highest BCUT2D eigenvalue weighted by Gasteiger charge is 2.18. The van der Waals surface area contributed by atoms with Crippen LogP contribution in [0.15, 0.2) is 18.3 Å². The number of hydrogen-bond donors (Lipinski definition) is 0. The number of nitro groups is 1. The van der Waals surface area contributed by atoms with Crippen LogP contribution in [0.2, 0.25) is 0 Å². The number of nitrogens with zero attached hydrogens (tertiary/aromatic N) is 3. The molecular weight excluding hydrogens is 238 g/mol. The Morgan fingerprint density at radius 3 is 2.89 bits per heavy atom. The van der Waals surface area contributed by atoms with Gasteiger partial charge in [-0.05, 0) is 19.9 Å². The summed E-state index contributed by atoms with van der Waals surface area (Å²) in [7, 11) is 0. The van der Waals surface area contributed by atoms with E-state index in [2.05, 4.69) is 4.98 Å². The molecule has 0 unspecified atom stereocenters. The van der Waals surface area contributed by atoms with Crippen molar-refractivity contribution in [3.8, 4) is 0 Å². The predicted octanol–water partition coefficient (Wildman–Crippen LogP) is 1.73. The molecule has 0 amide bonds. The second-order valence-electron chi connectivity index (χ2n) is 3.64. The SMILES string of the molecule is CCOC(=O)c1nc2ccc([N+](=O)[O-])cn2c1C. The third-order valence-corrected chi connectivity index (χ3v) is 2.52. The highest BCUT2D eigenvalue weighted by molar-refractivity contribution is 5.89. The van der Waals surface area contributed by atoms with Crippen LogP contribution in [0.4, 0.5) is 5.69 Å². The average molecular weight is 249 g/mol. The molecule has 7 heteroatoms. The second-order valence-corrected chi connectivity index (χ2v) is 3.64. The van der Waals surface area contributed by atoms with E-state index in [1.165, 1.54) is 22.7 Å². The van der Waals surface area contributed by atoms with Gasteiger partial charge < -0.3 is 4.74 Å². The normalized spacial score (nSPS) is 10.6. The molecule has 0 saturated carbocycles. The van der Waals surface area contributed by atoms with Crippen LogP contribution in [0.3, 0.4) is 0 Å². The topological polar surface area (TPSA) is 86.7 Å². The van der Waals surface area contributed by atoms with Gasteiger partial charge in [-0.15, -0.1) is 0 Å². The first kappa shape index (κ1) is 12.0. The van der Waals surface area contributed by atoms with Crippen LogP contribution in [-0.2, 0) is 4.74 Å². The Hall–Kier alpha value is -2.44. The molecule has 0 aliphatic carbocycles. The summed E-state index contributed by atoms with van der Waals surface area (Å²) in [6.45, 7) is 3.62. The first-order valence-electron chi connectivity index (χ1n) is 5.34. The van der Waals surface area contributed by atoms with E-state index in [1.54, 1.807) is 13.8 Å². The molecule has 0 radical (unpaired) electrons. The maximum absolute atomic E-state index is 11.6. The summed E-state index contributed by atoms with van der Waals surface area (Å²) in [4.78, 5) is 25.9. The predicted molar refractivity (Wildman–Crippen MR) is 62.5 cm³/mol. The number of esters is 1. The number of carbonyl (C=O) groups is 1. The van der Waals surface area contributed by atoms with E-state index in [9.17, 15) is 14.9 Å². The third kappa shape index (κ3) is 1.90. The summed E-state index contributed by atoms with van der Waals surface area (Å²) in [6, 6.07) is 2.84. The molecule has 0 aliphatic heterocycles. The Morgan fingerprint density at radius 1 is 1.56 bits per heavy atom. The molecular formula is C11H11N3O4. The minimum Gasteiger partial charge on any atom is -0.461 e. The van der Waals surface area contributed by atoms with Crippen LogP contribution in [0.1, 0.15) is 23.1 Å². The van der Waals surface area contributed by atoms with E-state index < -0.39 is 10.9 Å². The molecule has 94 valence electrons. The maximum Gasteiger partial charge on any atom is 0.358 e. The first-order chi connectivity index (χ1) is 8.54. The lowest BCUT2D eigenvalue weighted by Gasteiger charge is -1.99. The van der Waals surface area contributed by atoms with E-state index >= 15 is 0 Å². The van der Waals surface area contributed by atoms with E-state index in [-0.39, 0.29) is 18.0 Å². The van der Waals surface area contributed by atoms with Crippen molar-refractivity contribution >= 4 is 17.3 Å². The minimum absolute atomic E-state index is 0.0570. The lowest BCUT2D eigenvalue weighted by atomic mass is 10.3. The van der Waals surface area contributed by atoms with Crippen molar-refractivity contribution in [1.82, 2.24) is 9.38 Å². The molecule has 0 atom stereocenters. The van der Waals surface area contributed by atoms with Crippen LogP contribution >= 0.6 is 0 Å². The Bertz CT molecular complexity index is 632. The van der Waals surface area contributed by atoms with Gasteiger partial charge in [0.25, 0.3) is 5.69 Å². The smallest absolute Gasteiger partial charge is 0.358 e. The summed E-state index contributed by atoms with van der Waals surface area (Å²) < 4.78 is 6.37. The lowest BCUT2D eigenvalue weighted by Crippen LogP contribution is -2.06. The van der Waals surface area contributed by atoms with Gasteiger partial charge in [-0.25, -0.2) is 9.78 Å². The number of aryl methyl sites for hydroxylation is 1. The number of hydrogen-bond acceptors (Lipinski definition) is 5. The van der Waals surface area contributed by atoms with Gasteiger partial charge in [0.15, 0.2) is 5.69 Å². The minimum atomic E-state index is -0.527. The largest absolute Gasteiger partial charge is 0.461 e. The number of pyridine rings is 1. The van der Waals surface area contributed by atoms with Crippen LogP contribution < -0.4 is 0 Å². The molecule has 0 aliphatic rings. The Kier molecular flexibility index (Phi) is 2.97. The molecule has 2 heterocycles. The van der Waals surface area contributed by atoms with Crippen LogP contribution in [0.25, 0.3) is 5.65 Å². The molecule has 0 N–H and O–H groups in total. The molecule has 18 heavy (non-hydrogen) atoms. The number of rotatable bonds is 3. The number of aromatic nitrogens is 2. The van der Waals surface area contributed by atoms with Gasteiger partial charge in [0.05, 0.1) is 23.4 Å². The molecule has 2 rings (SSSR count). The van der Waals surface area contributed by atoms with Crippen LogP contribution in [0.5, 0.6) is 0 Å². The standard InChI is InChI=1S/C11H11N3O4/c1-3-18-11(15)10-7(2)13-6-8(14(16)17)4-5-9(13)12-10/h4-6H,3H2,1-2H3. The van der Waals surface area contributed by atoms with Gasteiger partial charge >= 0.3 is 5.97 Å². The van der Waals surface area contributed by atoms with Gasteiger partial charge in [-0.1, -0.05) is 0 Å². The molecule has 0 aromatic carbocycles. The van der Waals surface area contributed by atoms with Crippen molar-refractivity contribution in [2.75, 3.05) is 6.61 Å². The van der Waals surface area contributed by atoms with Crippen molar-refractivity contribution in [2.45, 2.75) is 13.8 Å². The van der Waals surface area contributed by atoms with Crippen molar-refractivity contribution in [3.63, 3.8) is 0 Å². The molecule has 0 bridgehead atoms. The second kappa shape index (κ2) is 4.44. The Labute approximate surface area is 102 Å². The summed E-state index contributed by atoms with van der Waals surface area (Å²) in [5.74, 6) is -0.527. The average Bonchev–Trinajstić information content (AvgIpc) is 2.67. The van der Waals surface area contributed by atoms with Crippen molar-refractivity contribution in [2.24, 2.45) is 0 Å². The summed E-state index contributed by atoms with van der Waals surface area (Å²) in [5.41, 5.74) is 1.11. The molecule has 0 fully saturated rings. The highest BCUT2D eigenvalue weighted by Crippen LogP contribution is 2.17. The van der Waals surface area contributed by atoms with Gasteiger partial charge in [0.2, 0.25) is 0 Å². The first-order valence-corrected chi connectivity index (χ1v) is 5.34. The van der Waals surface area contributed by atoms with E-state index in [1.807, 2.05) is 0 Å². The fourth-order valence-corrected chi connectivity index (χ4v) is 1.65. The van der Waals surface area contributed by atoms with E-state index in [0.29, 0.717) is 11.3 Å². The summed E-state index contributed by atoms with van der Waals surface area (Å²) in [5, 5.41) is 10.7. The Morgan fingerprint density at radius 2 is 2.28 bits per heavy atom. The quantitative estimate of drug-likeness (QED) is 0.469. The number of carbonyl (C=O) groups excluding carboxylic acids is 1. The lowest BCUT2D eigenvalue weighted by molar-refractivity contribution is -0.385. The number of fused-ring (bicyclic) bond motifs is 1. The van der Waals surface area contributed by atoms with Crippen molar-refractivity contribution in [1.29, 1.82) is 0 Å². The zero-order valence-electron chi connectivity index (χ0n) is 9.91. The number of imidazole rings is 1. The molecule has 2 aromatic heterocycles. The van der Waals surface area contributed by atoms with Gasteiger partial charge in [0.1, 0.15) is 5.65 Å². The van der Waals surface area contributed by atoms with Gasteiger partial charge in [-0.2, -0.15) is 0 Å².